The summed E-state index contributed by atoms with van der Waals surface area (Å²) >= 11 is 1.94. The molecular formula is C16H24OSSi. The van der Waals surface area contributed by atoms with Crippen molar-refractivity contribution in [1.82, 2.24) is 0 Å². The molecule has 0 spiro atoms. The Hall–Kier alpha value is -0.513. The number of rotatable bonds is 5. The highest BCUT2D eigenvalue weighted by Gasteiger charge is 2.51. The van der Waals surface area contributed by atoms with Crippen LogP contribution in [-0.4, -0.2) is 19.2 Å². The Kier molecular flexibility index (Phi) is 4.28. The van der Waals surface area contributed by atoms with Gasteiger partial charge < -0.3 is 4.43 Å². The second-order valence-electron chi connectivity index (χ2n) is 6.34. The van der Waals surface area contributed by atoms with Crippen LogP contribution in [0.3, 0.4) is 0 Å². The van der Waals surface area contributed by atoms with Crippen molar-refractivity contribution in [1.29, 1.82) is 0 Å². The molecule has 1 aliphatic carbocycles. The first kappa shape index (κ1) is 14.9. The predicted molar refractivity (Wildman–Crippen MR) is 87.3 cm³/mol. The highest BCUT2D eigenvalue weighted by atomic mass is 32.2. The Labute approximate surface area is 122 Å². The average molecular weight is 293 g/mol. The van der Waals surface area contributed by atoms with Crippen molar-refractivity contribution in [3.05, 3.63) is 42.5 Å². The fraction of sp³-hybridized carbons (Fsp3) is 0.500. The van der Waals surface area contributed by atoms with E-state index in [1.54, 1.807) is 0 Å². The lowest BCUT2D eigenvalue weighted by Gasteiger charge is -2.52. The van der Waals surface area contributed by atoms with Crippen molar-refractivity contribution in [2.45, 2.75) is 55.2 Å². The summed E-state index contributed by atoms with van der Waals surface area (Å²) in [5.74, 6) is 0. The lowest BCUT2D eigenvalue weighted by atomic mass is 9.75. The van der Waals surface area contributed by atoms with Gasteiger partial charge in [0.05, 0.1) is 5.60 Å². The van der Waals surface area contributed by atoms with Crippen LogP contribution in [0.2, 0.25) is 19.6 Å². The van der Waals surface area contributed by atoms with Gasteiger partial charge in [0.25, 0.3) is 0 Å². The number of hydrogen-bond acceptors (Lipinski definition) is 2. The van der Waals surface area contributed by atoms with Gasteiger partial charge in [-0.2, -0.15) is 0 Å². The number of hydrogen-bond donors (Lipinski definition) is 0. The molecule has 0 amide bonds. The minimum absolute atomic E-state index is 0.0923. The van der Waals surface area contributed by atoms with Gasteiger partial charge in [-0.15, -0.1) is 11.8 Å². The topological polar surface area (TPSA) is 9.23 Å². The number of benzene rings is 1. The molecule has 0 bridgehead atoms. The molecule has 0 N–H and O–H groups in total. The normalized spacial score (nSPS) is 26.8. The summed E-state index contributed by atoms with van der Waals surface area (Å²) in [5.41, 5.74) is 1.10. The second kappa shape index (κ2) is 5.47. The molecule has 0 aromatic heterocycles. The Morgan fingerprint density at radius 2 is 1.95 bits per heavy atom. The van der Waals surface area contributed by atoms with Crippen molar-refractivity contribution in [3.63, 3.8) is 0 Å². The molecule has 1 aliphatic rings. The van der Waals surface area contributed by atoms with Gasteiger partial charge in [-0.3, -0.25) is 0 Å². The third-order valence-electron chi connectivity index (χ3n) is 3.53. The number of thioether (sulfide) groups is 1. The van der Waals surface area contributed by atoms with Gasteiger partial charge in [0, 0.05) is 10.1 Å². The van der Waals surface area contributed by atoms with Gasteiger partial charge in [-0.25, -0.2) is 0 Å². The Balaban J connectivity index is 2.15. The molecule has 1 fully saturated rings. The third-order valence-corrected chi connectivity index (χ3v) is 5.95. The van der Waals surface area contributed by atoms with Crippen LogP contribution >= 0.6 is 11.8 Å². The monoisotopic (exact) mass is 292 g/mol. The Bertz CT molecular complexity index is 452. The van der Waals surface area contributed by atoms with Crippen LogP contribution in [0.5, 0.6) is 0 Å². The molecule has 1 saturated carbocycles. The Morgan fingerprint density at radius 3 is 2.37 bits per heavy atom. The van der Waals surface area contributed by atoms with Crippen LogP contribution < -0.4 is 0 Å². The van der Waals surface area contributed by atoms with Gasteiger partial charge in [-0.1, -0.05) is 24.8 Å². The molecule has 3 heteroatoms. The summed E-state index contributed by atoms with van der Waals surface area (Å²) in [5, 5.41) is 0.513. The van der Waals surface area contributed by atoms with Crippen molar-refractivity contribution in [3.8, 4) is 0 Å². The maximum Gasteiger partial charge on any atom is 0.185 e. The van der Waals surface area contributed by atoms with E-state index in [9.17, 15) is 0 Å². The van der Waals surface area contributed by atoms with Gasteiger partial charge >= 0.3 is 0 Å². The first-order valence-corrected chi connectivity index (χ1v) is 11.2. The highest BCUT2D eigenvalue weighted by molar-refractivity contribution is 8.00. The molecule has 0 unspecified atom stereocenters. The fourth-order valence-corrected chi connectivity index (χ4v) is 5.61. The second-order valence-corrected chi connectivity index (χ2v) is 12.0. The molecule has 0 aliphatic heterocycles. The van der Waals surface area contributed by atoms with E-state index in [1.165, 1.54) is 16.9 Å². The molecule has 104 valence electrons. The maximum atomic E-state index is 6.53. The molecule has 2 rings (SSSR count). The maximum absolute atomic E-state index is 6.53. The van der Waals surface area contributed by atoms with Crippen LogP contribution in [0.1, 0.15) is 19.8 Å². The van der Waals surface area contributed by atoms with Crippen molar-refractivity contribution >= 4 is 20.1 Å². The van der Waals surface area contributed by atoms with E-state index in [4.69, 9.17) is 4.43 Å². The van der Waals surface area contributed by atoms with E-state index >= 15 is 0 Å². The van der Waals surface area contributed by atoms with E-state index in [0.717, 1.165) is 6.42 Å². The minimum Gasteiger partial charge on any atom is -0.407 e. The first-order valence-electron chi connectivity index (χ1n) is 6.91. The molecular weight excluding hydrogens is 268 g/mol. The molecule has 1 aromatic carbocycles. The summed E-state index contributed by atoms with van der Waals surface area (Å²) in [6.07, 6.45) is 2.34. The summed E-state index contributed by atoms with van der Waals surface area (Å²) in [4.78, 5) is 1.33. The average Bonchev–Trinajstić information content (AvgIpc) is 2.31. The Morgan fingerprint density at radius 1 is 1.32 bits per heavy atom. The van der Waals surface area contributed by atoms with Gasteiger partial charge in [0.15, 0.2) is 8.32 Å². The van der Waals surface area contributed by atoms with E-state index in [1.807, 2.05) is 11.8 Å². The lowest BCUT2D eigenvalue weighted by molar-refractivity contribution is 0.0299. The summed E-state index contributed by atoms with van der Waals surface area (Å²) in [7, 11) is -1.56. The molecule has 1 nitrogen and oxygen atoms in total. The van der Waals surface area contributed by atoms with Crippen LogP contribution in [-0.2, 0) is 4.43 Å². The molecule has 0 radical (unpaired) electrons. The van der Waals surface area contributed by atoms with E-state index < -0.39 is 8.32 Å². The minimum atomic E-state index is -1.56. The van der Waals surface area contributed by atoms with Gasteiger partial charge in [-0.05, 0) is 57.1 Å². The smallest absolute Gasteiger partial charge is 0.185 e. The molecule has 19 heavy (non-hydrogen) atoms. The largest absolute Gasteiger partial charge is 0.407 e. The highest BCUT2D eigenvalue weighted by Crippen LogP contribution is 2.51. The van der Waals surface area contributed by atoms with Crippen LogP contribution in [0.15, 0.2) is 47.4 Å². The summed E-state index contributed by atoms with van der Waals surface area (Å²) in [6, 6.07) is 10.6. The van der Waals surface area contributed by atoms with Crippen LogP contribution in [0.25, 0.3) is 0 Å². The predicted octanol–water partition coefficient (Wildman–Crippen LogP) is 5.11. The SMILES string of the molecule is C=C(C)[C@@]1(O[Si](C)(C)C)CC[C@@H]1Sc1ccccc1. The zero-order valence-electron chi connectivity index (χ0n) is 12.4. The molecule has 2 atom stereocenters. The summed E-state index contributed by atoms with van der Waals surface area (Å²) in [6.45, 7) is 13.1. The van der Waals surface area contributed by atoms with E-state index in [-0.39, 0.29) is 5.60 Å². The lowest BCUT2D eigenvalue weighted by Crippen LogP contribution is -2.57. The van der Waals surface area contributed by atoms with Crippen LogP contribution in [0.4, 0.5) is 0 Å². The molecule has 0 heterocycles. The third kappa shape index (κ3) is 3.33. The van der Waals surface area contributed by atoms with Crippen molar-refractivity contribution in [2.24, 2.45) is 0 Å². The first-order chi connectivity index (χ1) is 8.83. The van der Waals surface area contributed by atoms with Crippen LogP contribution in [0, 0.1) is 0 Å². The van der Waals surface area contributed by atoms with Crippen molar-refractivity contribution < 1.29 is 4.43 Å². The zero-order chi connectivity index (χ0) is 14.1. The van der Waals surface area contributed by atoms with E-state index in [0.29, 0.717) is 5.25 Å². The molecule has 1 aromatic rings. The quantitative estimate of drug-likeness (QED) is 0.551. The zero-order valence-corrected chi connectivity index (χ0v) is 14.2. The fourth-order valence-electron chi connectivity index (χ4n) is 2.58. The van der Waals surface area contributed by atoms with Crippen molar-refractivity contribution in [2.75, 3.05) is 0 Å². The standard InChI is InChI=1S/C16H24OSSi/c1-13(2)16(17-19(3,4)5)12-11-15(16)18-14-9-7-6-8-10-14/h6-10,15H,1,11-12H2,2-5H3/t15-,16-/m0/s1. The summed E-state index contributed by atoms with van der Waals surface area (Å²) < 4.78 is 6.53. The van der Waals surface area contributed by atoms with Gasteiger partial charge in [0.2, 0.25) is 0 Å². The van der Waals surface area contributed by atoms with Gasteiger partial charge in [0.1, 0.15) is 0 Å². The van der Waals surface area contributed by atoms with E-state index in [2.05, 4.69) is 63.5 Å². The molecule has 0 saturated heterocycles.